The van der Waals surface area contributed by atoms with Crippen LogP contribution >= 0.6 is 0 Å². The lowest BCUT2D eigenvalue weighted by atomic mass is 10.2. The Bertz CT molecular complexity index is 1250. The molecule has 3 aromatic carbocycles. The van der Waals surface area contributed by atoms with E-state index in [2.05, 4.69) is 10.5 Å². The van der Waals surface area contributed by atoms with Gasteiger partial charge < -0.3 is 4.74 Å². The van der Waals surface area contributed by atoms with E-state index < -0.39 is 22.5 Å². The van der Waals surface area contributed by atoms with Crippen LogP contribution in [0.15, 0.2) is 88.9 Å². The van der Waals surface area contributed by atoms with Crippen molar-refractivity contribution in [3.63, 3.8) is 0 Å². The molecule has 1 amide bonds. The number of carbonyl (C=O) groups is 1. The van der Waals surface area contributed by atoms with E-state index in [1.807, 2.05) is 13.0 Å². The number of sulfonamides is 1. The second kappa shape index (κ2) is 10.9. The molecule has 168 valence electrons. The monoisotopic (exact) mass is 462 g/mol. The van der Waals surface area contributed by atoms with Crippen LogP contribution in [-0.4, -0.2) is 33.7 Å². The molecule has 3 aromatic rings. The van der Waals surface area contributed by atoms with Crippen LogP contribution in [0.2, 0.25) is 0 Å². The minimum absolute atomic E-state index is 0.0487. The lowest BCUT2D eigenvalue weighted by Crippen LogP contribution is -2.39. The van der Waals surface area contributed by atoms with Gasteiger partial charge in [0.15, 0.2) is 6.61 Å². The Labute approximate surface area is 192 Å². The van der Waals surface area contributed by atoms with Crippen LogP contribution in [0, 0.1) is 18.3 Å². The third kappa shape index (κ3) is 6.41. The first-order chi connectivity index (χ1) is 15.9. The van der Waals surface area contributed by atoms with Gasteiger partial charge in [0.25, 0.3) is 15.9 Å². The first kappa shape index (κ1) is 23.5. The van der Waals surface area contributed by atoms with Crippen molar-refractivity contribution < 1.29 is 17.9 Å². The molecule has 3 rings (SSSR count). The molecule has 0 heterocycles. The number of rotatable bonds is 9. The molecule has 9 heteroatoms. The maximum absolute atomic E-state index is 13.2. The zero-order valence-corrected chi connectivity index (χ0v) is 18.7. The van der Waals surface area contributed by atoms with Gasteiger partial charge in [-0.2, -0.15) is 10.4 Å². The summed E-state index contributed by atoms with van der Waals surface area (Å²) in [6.45, 7) is 1.40. The Hall–Kier alpha value is -4.16. The molecule has 0 aliphatic heterocycles. The molecule has 0 radical (unpaired) electrons. The zero-order chi connectivity index (χ0) is 23.7. The van der Waals surface area contributed by atoms with Gasteiger partial charge in [0.2, 0.25) is 0 Å². The van der Waals surface area contributed by atoms with Crippen molar-refractivity contribution in [2.45, 2.75) is 11.8 Å². The van der Waals surface area contributed by atoms with Gasteiger partial charge in [0, 0.05) is 0 Å². The molecule has 0 aliphatic carbocycles. The summed E-state index contributed by atoms with van der Waals surface area (Å²) in [6, 6.07) is 23.5. The SMILES string of the molecule is Cc1ccc(N(CC(=O)N/N=C/c2ccc(OCC#N)cc2)S(=O)(=O)c2ccccc2)cc1. The van der Waals surface area contributed by atoms with Gasteiger partial charge in [-0.3, -0.25) is 9.10 Å². The van der Waals surface area contributed by atoms with E-state index in [1.165, 1.54) is 18.3 Å². The average Bonchev–Trinajstić information content (AvgIpc) is 2.83. The van der Waals surface area contributed by atoms with Crippen LogP contribution in [-0.2, 0) is 14.8 Å². The molecular formula is C24H22N4O4S. The number of hydrogen-bond acceptors (Lipinski definition) is 6. The number of nitriles is 1. The van der Waals surface area contributed by atoms with Gasteiger partial charge in [-0.1, -0.05) is 35.9 Å². The summed E-state index contributed by atoms with van der Waals surface area (Å²) in [6.07, 6.45) is 1.42. The molecule has 1 N–H and O–H groups in total. The fourth-order valence-electron chi connectivity index (χ4n) is 2.86. The summed E-state index contributed by atoms with van der Waals surface area (Å²) in [5.41, 5.74) is 4.39. The highest BCUT2D eigenvalue weighted by atomic mass is 32.2. The van der Waals surface area contributed by atoms with E-state index in [0.717, 1.165) is 9.87 Å². The number of hydrogen-bond donors (Lipinski definition) is 1. The predicted octanol–water partition coefficient (Wildman–Crippen LogP) is 3.24. The molecular weight excluding hydrogens is 440 g/mol. The fraction of sp³-hybridized carbons (Fsp3) is 0.125. The van der Waals surface area contributed by atoms with E-state index in [1.54, 1.807) is 66.7 Å². The lowest BCUT2D eigenvalue weighted by Gasteiger charge is -2.23. The average molecular weight is 463 g/mol. The van der Waals surface area contributed by atoms with Gasteiger partial charge in [-0.25, -0.2) is 13.8 Å². The maximum Gasteiger partial charge on any atom is 0.264 e. The normalized spacial score (nSPS) is 11.0. The van der Waals surface area contributed by atoms with Gasteiger partial charge in [0.1, 0.15) is 18.4 Å². The molecule has 0 fully saturated rings. The van der Waals surface area contributed by atoms with E-state index in [4.69, 9.17) is 10.00 Å². The number of amides is 1. The van der Waals surface area contributed by atoms with Crippen molar-refractivity contribution in [3.8, 4) is 11.8 Å². The highest BCUT2D eigenvalue weighted by Crippen LogP contribution is 2.23. The number of anilines is 1. The Morgan fingerprint density at radius 1 is 1.06 bits per heavy atom. The van der Waals surface area contributed by atoms with Gasteiger partial charge in [0.05, 0.1) is 16.8 Å². The second-order valence-electron chi connectivity index (χ2n) is 6.97. The largest absolute Gasteiger partial charge is 0.479 e. The van der Waals surface area contributed by atoms with Gasteiger partial charge in [-0.05, 0) is 61.0 Å². The van der Waals surface area contributed by atoms with Crippen LogP contribution in [0.4, 0.5) is 5.69 Å². The minimum Gasteiger partial charge on any atom is -0.479 e. The van der Waals surface area contributed by atoms with Crippen molar-refractivity contribution in [3.05, 3.63) is 90.0 Å². The van der Waals surface area contributed by atoms with E-state index in [9.17, 15) is 13.2 Å². The van der Waals surface area contributed by atoms with Crippen molar-refractivity contribution in [2.75, 3.05) is 17.5 Å². The Morgan fingerprint density at radius 3 is 2.36 bits per heavy atom. The zero-order valence-electron chi connectivity index (χ0n) is 17.9. The molecule has 8 nitrogen and oxygen atoms in total. The number of carbonyl (C=O) groups excluding carboxylic acids is 1. The van der Waals surface area contributed by atoms with Gasteiger partial charge >= 0.3 is 0 Å². The van der Waals surface area contributed by atoms with Crippen LogP contribution in [0.25, 0.3) is 0 Å². The first-order valence-corrected chi connectivity index (χ1v) is 11.4. The van der Waals surface area contributed by atoms with E-state index in [0.29, 0.717) is 17.0 Å². The summed E-state index contributed by atoms with van der Waals surface area (Å²) in [4.78, 5) is 12.6. The number of benzene rings is 3. The molecule has 33 heavy (non-hydrogen) atoms. The summed E-state index contributed by atoms with van der Waals surface area (Å²) in [5.74, 6) is -0.0575. The summed E-state index contributed by atoms with van der Waals surface area (Å²) >= 11 is 0. The Kier molecular flexibility index (Phi) is 7.78. The molecule has 0 saturated carbocycles. The molecule has 0 spiro atoms. The Balaban J connectivity index is 1.73. The smallest absolute Gasteiger partial charge is 0.264 e. The maximum atomic E-state index is 13.2. The summed E-state index contributed by atoms with van der Waals surface area (Å²) < 4.78 is 32.7. The Morgan fingerprint density at radius 2 is 1.73 bits per heavy atom. The van der Waals surface area contributed by atoms with Crippen molar-refractivity contribution in [1.29, 1.82) is 5.26 Å². The van der Waals surface area contributed by atoms with E-state index in [-0.39, 0.29) is 11.5 Å². The van der Waals surface area contributed by atoms with Crippen LogP contribution in [0.5, 0.6) is 5.75 Å². The van der Waals surface area contributed by atoms with Crippen LogP contribution in [0.1, 0.15) is 11.1 Å². The highest BCUT2D eigenvalue weighted by molar-refractivity contribution is 7.92. The van der Waals surface area contributed by atoms with Gasteiger partial charge in [-0.15, -0.1) is 0 Å². The number of hydrazone groups is 1. The highest BCUT2D eigenvalue weighted by Gasteiger charge is 2.26. The number of nitrogens with zero attached hydrogens (tertiary/aromatic N) is 3. The third-order valence-corrected chi connectivity index (χ3v) is 6.31. The second-order valence-corrected chi connectivity index (χ2v) is 8.83. The molecule has 0 aliphatic rings. The van der Waals surface area contributed by atoms with Crippen molar-refractivity contribution >= 4 is 27.8 Å². The molecule has 0 unspecified atom stereocenters. The standard InChI is InChI=1S/C24H22N4O4S/c1-19-7-11-21(12-8-19)28(33(30,31)23-5-3-2-4-6-23)18-24(29)27-26-17-20-9-13-22(14-10-20)32-16-15-25/h2-14,17H,16,18H2,1H3,(H,27,29)/b26-17+. The summed E-state index contributed by atoms with van der Waals surface area (Å²) in [5, 5.41) is 12.4. The molecule has 0 saturated heterocycles. The lowest BCUT2D eigenvalue weighted by molar-refractivity contribution is -0.119. The van der Waals surface area contributed by atoms with E-state index >= 15 is 0 Å². The topological polar surface area (TPSA) is 112 Å². The molecule has 0 atom stereocenters. The van der Waals surface area contributed by atoms with Crippen LogP contribution < -0.4 is 14.5 Å². The number of aryl methyl sites for hydroxylation is 1. The fourth-order valence-corrected chi connectivity index (χ4v) is 4.30. The van der Waals surface area contributed by atoms with Crippen molar-refractivity contribution in [2.24, 2.45) is 5.10 Å². The third-order valence-electron chi connectivity index (χ3n) is 4.53. The van der Waals surface area contributed by atoms with Crippen molar-refractivity contribution in [1.82, 2.24) is 5.43 Å². The quantitative estimate of drug-likeness (QED) is 0.388. The van der Waals surface area contributed by atoms with Crippen LogP contribution in [0.3, 0.4) is 0 Å². The minimum atomic E-state index is -3.97. The first-order valence-electron chi connectivity index (χ1n) is 9.96. The summed E-state index contributed by atoms with van der Waals surface area (Å²) in [7, 11) is -3.97. The number of nitrogens with one attached hydrogen (secondary N) is 1. The number of ether oxygens (including phenoxy) is 1. The predicted molar refractivity (Wildman–Crippen MR) is 125 cm³/mol. The molecule has 0 aromatic heterocycles. The molecule has 0 bridgehead atoms.